The topological polar surface area (TPSA) is 55.1 Å². The highest BCUT2D eigenvalue weighted by atomic mass is 35.5. The highest BCUT2D eigenvalue weighted by Crippen LogP contribution is 2.08. The molecule has 4 heteroatoms. The van der Waals surface area contributed by atoms with Crippen molar-refractivity contribution in [1.82, 2.24) is 5.32 Å². The lowest BCUT2D eigenvalue weighted by Crippen LogP contribution is -2.25. The highest BCUT2D eigenvalue weighted by molar-refractivity contribution is 5.85. The summed E-state index contributed by atoms with van der Waals surface area (Å²) in [6.45, 7) is 2.78. The number of hydrogen-bond acceptors (Lipinski definition) is 2. The number of hydrogen-bond donors (Lipinski definition) is 2. The van der Waals surface area contributed by atoms with Gasteiger partial charge in [-0.2, -0.15) is 0 Å². The van der Waals surface area contributed by atoms with Crippen LogP contribution in [0.3, 0.4) is 0 Å². The van der Waals surface area contributed by atoms with Crippen LogP contribution in [-0.4, -0.2) is 12.5 Å². The summed E-state index contributed by atoms with van der Waals surface area (Å²) in [7, 11) is 0. The molecule has 0 heterocycles. The van der Waals surface area contributed by atoms with Gasteiger partial charge >= 0.3 is 0 Å². The predicted octanol–water partition coefficient (Wildman–Crippen LogP) is 4.07. The Morgan fingerprint density at radius 2 is 1.50 bits per heavy atom. The Morgan fingerprint density at radius 3 is 2.17 bits per heavy atom. The number of carbonyl (C=O) groups excluding carboxylic acids is 1. The molecule has 0 fully saturated rings. The molecule has 24 heavy (non-hydrogen) atoms. The van der Waals surface area contributed by atoms with Gasteiger partial charge in [-0.25, -0.2) is 0 Å². The molecule has 0 unspecified atom stereocenters. The van der Waals surface area contributed by atoms with Gasteiger partial charge in [0.1, 0.15) is 0 Å². The number of halogens is 1. The van der Waals surface area contributed by atoms with E-state index >= 15 is 0 Å². The molecule has 0 bridgehead atoms. The first-order valence-electron chi connectivity index (χ1n) is 8.30. The van der Waals surface area contributed by atoms with Crippen molar-refractivity contribution in [1.29, 1.82) is 0 Å². The van der Waals surface area contributed by atoms with E-state index in [9.17, 15) is 4.79 Å². The maximum atomic E-state index is 11.8. The molecule has 2 rings (SSSR count). The van der Waals surface area contributed by atoms with E-state index in [2.05, 4.69) is 36.5 Å². The van der Waals surface area contributed by atoms with Crippen LogP contribution in [0.5, 0.6) is 0 Å². The Bertz CT molecular complexity index is 609. The van der Waals surface area contributed by atoms with Crippen molar-refractivity contribution in [3.63, 3.8) is 0 Å². The van der Waals surface area contributed by atoms with Crippen LogP contribution in [0.4, 0.5) is 5.69 Å². The SMILES string of the molecule is Cc1ccc(CCCCC(=O)NCCc2ccc(N)cc2)cc1.Cl. The van der Waals surface area contributed by atoms with Crippen molar-refractivity contribution in [2.45, 2.75) is 39.0 Å². The summed E-state index contributed by atoms with van der Waals surface area (Å²) in [5, 5.41) is 2.98. The molecule has 0 saturated heterocycles. The minimum Gasteiger partial charge on any atom is -0.399 e. The van der Waals surface area contributed by atoms with Gasteiger partial charge in [0.15, 0.2) is 0 Å². The first-order valence-corrected chi connectivity index (χ1v) is 8.30. The molecule has 0 radical (unpaired) electrons. The summed E-state index contributed by atoms with van der Waals surface area (Å²) in [6, 6.07) is 16.4. The molecule has 0 saturated carbocycles. The van der Waals surface area contributed by atoms with E-state index in [1.54, 1.807) is 0 Å². The van der Waals surface area contributed by atoms with Crippen molar-refractivity contribution in [3.8, 4) is 0 Å². The van der Waals surface area contributed by atoms with Gasteiger partial charge in [-0.1, -0.05) is 42.0 Å². The number of unbranched alkanes of at least 4 members (excludes halogenated alkanes) is 1. The van der Waals surface area contributed by atoms with Crippen LogP contribution in [0.1, 0.15) is 36.0 Å². The number of rotatable bonds is 8. The number of nitrogens with two attached hydrogens (primary N) is 1. The summed E-state index contributed by atoms with van der Waals surface area (Å²) in [4.78, 5) is 11.8. The fourth-order valence-electron chi connectivity index (χ4n) is 2.49. The Kier molecular flexibility index (Phi) is 8.95. The lowest BCUT2D eigenvalue weighted by Gasteiger charge is -2.06. The maximum absolute atomic E-state index is 11.8. The smallest absolute Gasteiger partial charge is 0.220 e. The summed E-state index contributed by atoms with van der Waals surface area (Å²) < 4.78 is 0. The Labute approximate surface area is 151 Å². The number of aryl methyl sites for hydroxylation is 2. The lowest BCUT2D eigenvalue weighted by molar-refractivity contribution is -0.121. The molecule has 0 aromatic heterocycles. The Hall–Kier alpha value is -2.00. The second kappa shape index (κ2) is 10.7. The summed E-state index contributed by atoms with van der Waals surface area (Å²) in [5.74, 6) is 0.143. The fourth-order valence-corrected chi connectivity index (χ4v) is 2.49. The molecular weight excluding hydrogens is 320 g/mol. The molecule has 0 spiro atoms. The third kappa shape index (κ3) is 7.51. The maximum Gasteiger partial charge on any atom is 0.220 e. The summed E-state index contributed by atoms with van der Waals surface area (Å²) in [5.41, 5.74) is 10.2. The van der Waals surface area contributed by atoms with Crippen LogP contribution >= 0.6 is 12.4 Å². The molecule has 3 N–H and O–H groups in total. The highest BCUT2D eigenvalue weighted by Gasteiger charge is 2.01. The average Bonchev–Trinajstić information content (AvgIpc) is 2.55. The second-order valence-corrected chi connectivity index (χ2v) is 6.03. The molecule has 2 aromatic carbocycles. The lowest BCUT2D eigenvalue weighted by atomic mass is 10.1. The Morgan fingerprint density at radius 1 is 0.917 bits per heavy atom. The molecule has 2 aromatic rings. The predicted molar refractivity (Wildman–Crippen MR) is 104 cm³/mol. The summed E-state index contributed by atoms with van der Waals surface area (Å²) >= 11 is 0. The van der Waals surface area contributed by atoms with E-state index in [0.717, 1.165) is 31.4 Å². The van der Waals surface area contributed by atoms with Gasteiger partial charge in [0.25, 0.3) is 0 Å². The van der Waals surface area contributed by atoms with Gasteiger partial charge in [0.2, 0.25) is 5.91 Å². The van der Waals surface area contributed by atoms with E-state index in [-0.39, 0.29) is 18.3 Å². The van der Waals surface area contributed by atoms with Gasteiger partial charge in [-0.15, -0.1) is 12.4 Å². The van der Waals surface area contributed by atoms with Gasteiger partial charge in [-0.05, 0) is 55.9 Å². The average molecular weight is 347 g/mol. The van der Waals surface area contributed by atoms with E-state index in [1.807, 2.05) is 24.3 Å². The van der Waals surface area contributed by atoms with Crippen molar-refractivity contribution < 1.29 is 4.79 Å². The molecule has 0 aliphatic heterocycles. The summed E-state index contributed by atoms with van der Waals surface area (Å²) in [6.07, 6.45) is 4.47. The standard InChI is InChI=1S/C20H26N2O.ClH/c1-16-6-8-17(9-7-16)4-2-3-5-20(23)22-15-14-18-10-12-19(21)13-11-18;/h6-13H,2-5,14-15,21H2,1H3,(H,22,23);1H. The number of amides is 1. The number of anilines is 1. The van der Waals surface area contributed by atoms with Crippen molar-refractivity contribution >= 4 is 24.0 Å². The first kappa shape index (κ1) is 20.0. The third-order valence-corrected chi connectivity index (χ3v) is 3.96. The van der Waals surface area contributed by atoms with Gasteiger partial charge in [0.05, 0.1) is 0 Å². The second-order valence-electron chi connectivity index (χ2n) is 6.03. The quantitative estimate of drug-likeness (QED) is 0.559. The van der Waals surface area contributed by atoms with E-state index < -0.39 is 0 Å². The van der Waals surface area contributed by atoms with Crippen LogP contribution in [0, 0.1) is 6.92 Å². The first-order chi connectivity index (χ1) is 11.1. The molecule has 0 aliphatic rings. The number of nitrogens with one attached hydrogen (secondary N) is 1. The van der Waals surface area contributed by atoms with Gasteiger partial charge in [-0.3, -0.25) is 4.79 Å². The van der Waals surface area contributed by atoms with Crippen molar-refractivity contribution in [2.24, 2.45) is 0 Å². The molecule has 3 nitrogen and oxygen atoms in total. The minimum absolute atomic E-state index is 0. The van der Waals surface area contributed by atoms with Crippen molar-refractivity contribution in [3.05, 3.63) is 65.2 Å². The molecule has 1 amide bonds. The van der Waals surface area contributed by atoms with Gasteiger partial charge in [0, 0.05) is 18.7 Å². The number of benzene rings is 2. The third-order valence-electron chi connectivity index (χ3n) is 3.96. The van der Waals surface area contributed by atoms with Crippen LogP contribution < -0.4 is 11.1 Å². The van der Waals surface area contributed by atoms with Crippen LogP contribution in [-0.2, 0) is 17.6 Å². The van der Waals surface area contributed by atoms with Gasteiger partial charge < -0.3 is 11.1 Å². The molecule has 0 aliphatic carbocycles. The fraction of sp³-hybridized carbons (Fsp3) is 0.350. The van der Waals surface area contributed by atoms with Crippen LogP contribution in [0.15, 0.2) is 48.5 Å². The molecule has 130 valence electrons. The molecular formula is C20H27ClN2O. The zero-order chi connectivity index (χ0) is 16.5. The zero-order valence-electron chi connectivity index (χ0n) is 14.3. The zero-order valence-corrected chi connectivity index (χ0v) is 15.1. The molecule has 0 atom stereocenters. The number of carbonyl (C=O) groups is 1. The minimum atomic E-state index is 0. The Balaban J connectivity index is 0.00000288. The van der Waals surface area contributed by atoms with Crippen LogP contribution in [0.25, 0.3) is 0 Å². The normalized spacial score (nSPS) is 10.0. The van der Waals surface area contributed by atoms with E-state index in [4.69, 9.17) is 5.73 Å². The van der Waals surface area contributed by atoms with Crippen molar-refractivity contribution in [2.75, 3.05) is 12.3 Å². The largest absolute Gasteiger partial charge is 0.399 e. The van der Waals surface area contributed by atoms with E-state index in [0.29, 0.717) is 13.0 Å². The number of nitrogen functional groups attached to an aromatic ring is 1. The van der Waals surface area contributed by atoms with Crippen LogP contribution in [0.2, 0.25) is 0 Å². The monoisotopic (exact) mass is 346 g/mol. The van der Waals surface area contributed by atoms with E-state index in [1.165, 1.54) is 16.7 Å².